The van der Waals surface area contributed by atoms with Crippen LogP contribution in [0, 0.1) is 10.8 Å². The third-order valence-electron chi connectivity index (χ3n) is 7.10. The monoisotopic (exact) mass is 411 g/mol. The Labute approximate surface area is 166 Å². The van der Waals surface area contributed by atoms with E-state index in [-0.39, 0.29) is 11.3 Å². The number of piperidine rings is 1. The standard InChI is InChI=1S/C19H29N3O3S2/c1-3-21-10-7-19(17(21)23)15-22(27(2,24)25)14-18(19)5-8-20(9-6-18)12-16-4-11-26-13-16/h4,11,13H,3,5-10,12,14-15H2,1-2H3/t19-/m0/s1. The van der Waals surface area contributed by atoms with Crippen LogP contribution in [0.3, 0.4) is 0 Å². The number of carbonyl (C=O) groups is 1. The van der Waals surface area contributed by atoms with Crippen molar-refractivity contribution in [3.05, 3.63) is 22.4 Å². The molecule has 0 bridgehead atoms. The lowest BCUT2D eigenvalue weighted by atomic mass is 9.60. The molecule has 3 aliphatic rings. The Morgan fingerprint density at radius 2 is 1.89 bits per heavy atom. The van der Waals surface area contributed by atoms with E-state index in [4.69, 9.17) is 0 Å². The molecule has 6 nitrogen and oxygen atoms in total. The van der Waals surface area contributed by atoms with Gasteiger partial charge in [0.2, 0.25) is 15.9 Å². The van der Waals surface area contributed by atoms with Crippen LogP contribution in [0.4, 0.5) is 0 Å². The van der Waals surface area contributed by atoms with Gasteiger partial charge in [0, 0.05) is 38.1 Å². The van der Waals surface area contributed by atoms with Crippen LogP contribution in [-0.4, -0.2) is 74.0 Å². The molecule has 3 saturated heterocycles. The summed E-state index contributed by atoms with van der Waals surface area (Å²) in [5.74, 6) is 0.183. The summed E-state index contributed by atoms with van der Waals surface area (Å²) in [7, 11) is -3.29. The van der Waals surface area contributed by atoms with Gasteiger partial charge in [-0.15, -0.1) is 0 Å². The zero-order chi connectivity index (χ0) is 19.3. The molecule has 3 fully saturated rings. The first kappa shape index (κ1) is 19.4. The SMILES string of the molecule is CCN1CC[C@]2(CN(S(C)(=O)=O)CC23CCN(Cc2ccsc2)CC3)C1=O. The number of rotatable bonds is 4. The summed E-state index contributed by atoms with van der Waals surface area (Å²) in [6.45, 7) is 7.14. The Morgan fingerprint density at radius 3 is 2.44 bits per heavy atom. The van der Waals surface area contributed by atoms with Gasteiger partial charge in [-0.3, -0.25) is 9.69 Å². The molecule has 0 unspecified atom stereocenters. The maximum atomic E-state index is 13.3. The largest absolute Gasteiger partial charge is 0.342 e. The van der Waals surface area contributed by atoms with Gasteiger partial charge >= 0.3 is 0 Å². The number of hydrogen-bond donors (Lipinski definition) is 0. The van der Waals surface area contributed by atoms with Crippen molar-refractivity contribution < 1.29 is 13.2 Å². The first-order chi connectivity index (χ1) is 12.8. The summed E-state index contributed by atoms with van der Waals surface area (Å²) in [5, 5.41) is 4.29. The van der Waals surface area contributed by atoms with E-state index in [9.17, 15) is 13.2 Å². The summed E-state index contributed by atoms with van der Waals surface area (Å²) in [6, 6.07) is 2.16. The van der Waals surface area contributed by atoms with Crippen LogP contribution in [0.25, 0.3) is 0 Å². The van der Waals surface area contributed by atoms with E-state index in [1.165, 1.54) is 11.8 Å². The molecule has 1 atom stereocenters. The molecule has 1 aromatic rings. The van der Waals surface area contributed by atoms with Gasteiger partial charge < -0.3 is 4.90 Å². The van der Waals surface area contributed by atoms with E-state index in [2.05, 4.69) is 21.7 Å². The van der Waals surface area contributed by atoms with Gasteiger partial charge in [-0.2, -0.15) is 11.3 Å². The first-order valence-electron chi connectivity index (χ1n) is 9.78. The normalized spacial score (nSPS) is 29.4. The number of hydrogen-bond acceptors (Lipinski definition) is 5. The summed E-state index contributed by atoms with van der Waals surface area (Å²) in [5.41, 5.74) is 0.590. The molecule has 1 aromatic heterocycles. The molecular weight excluding hydrogens is 382 g/mol. The molecule has 0 radical (unpaired) electrons. The zero-order valence-electron chi connectivity index (χ0n) is 16.2. The van der Waals surface area contributed by atoms with Crippen molar-refractivity contribution in [2.24, 2.45) is 10.8 Å². The van der Waals surface area contributed by atoms with E-state index >= 15 is 0 Å². The quantitative estimate of drug-likeness (QED) is 0.759. The number of thiophene rings is 1. The van der Waals surface area contributed by atoms with Gasteiger partial charge in [-0.1, -0.05) is 0 Å². The molecule has 1 amide bonds. The summed E-state index contributed by atoms with van der Waals surface area (Å²) in [6.07, 6.45) is 3.86. The van der Waals surface area contributed by atoms with Gasteiger partial charge in [0.05, 0.1) is 11.7 Å². The van der Waals surface area contributed by atoms with Gasteiger partial charge in [0.1, 0.15) is 0 Å². The molecule has 0 N–H and O–H groups in total. The molecular formula is C19H29N3O3S2. The minimum atomic E-state index is -3.29. The Bertz CT molecular complexity index is 800. The summed E-state index contributed by atoms with van der Waals surface area (Å²) in [4.78, 5) is 17.7. The summed E-state index contributed by atoms with van der Waals surface area (Å²) < 4.78 is 26.2. The molecule has 4 rings (SSSR count). The van der Waals surface area contributed by atoms with E-state index < -0.39 is 15.4 Å². The van der Waals surface area contributed by atoms with Crippen LogP contribution < -0.4 is 0 Å². The van der Waals surface area contributed by atoms with Crippen LogP contribution in [-0.2, 0) is 21.4 Å². The van der Waals surface area contributed by atoms with Gasteiger partial charge in [-0.25, -0.2) is 12.7 Å². The maximum Gasteiger partial charge on any atom is 0.230 e. The summed E-state index contributed by atoms with van der Waals surface area (Å²) >= 11 is 1.72. The van der Waals surface area contributed by atoms with Crippen molar-refractivity contribution in [3.8, 4) is 0 Å². The van der Waals surface area contributed by atoms with E-state index in [1.54, 1.807) is 15.6 Å². The molecule has 0 aliphatic carbocycles. The number of carbonyl (C=O) groups excluding carboxylic acids is 1. The minimum Gasteiger partial charge on any atom is -0.342 e. The second-order valence-electron chi connectivity index (χ2n) is 8.44. The van der Waals surface area contributed by atoms with Crippen molar-refractivity contribution >= 4 is 27.3 Å². The van der Waals surface area contributed by atoms with E-state index in [0.29, 0.717) is 19.6 Å². The predicted molar refractivity (Wildman–Crippen MR) is 107 cm³/mol. The van der Waals surface area contributed by atoms with E-state index in [0.717, 1.165) is 45.4 Å². The number of sulfonamides is 1. The molecule has 4 heterocycles. The topological polar surface area (TPSA) is 60.9 Å². The Balaban J connectivity index is 1.58. The van der Waals surface area contributed by atoms with Crippen LogP contribution in [0.15, 0.2) is 16.8 Å². The van der Waals surface area contributed by atoms with Crippen molar-refractivity contribution in [1.29, 1.82) is 0 Å². The van der Waals surface area contributed by atoms with Gasteiger partial charge in [-0.05, 0) is 61.7 Å². The molecule has 0 aromatic carbocycles. The number of fused-ring (bicyclic) bond motifs is 1. The van der Waals surface area contributed by atoms with Crippen LogP contribution in [0.2, 0.25) is 0 Å². The maximum absolute atomic E-state index is 13.3. The first-order valence-corrected chi connectivity index (χ1v) is 12.6. The average molecular weight is 412 g/mol. The second-order valence-corrected chi connectivity index (χ2v) is 11.2. The number of amides is 1. The highest BCUT2D eigenvalue weighted by Crippen LogP contribution is 2.58. The van der Waals surface area contributed by atoms with Crippen molar-refractivity contribution in [2.75, 3.05) is 45.5 Å². The highest BCUT2D eigenvalue weighted by molar-refractivity contribution is 7.88. The zero-order valence-corrected chi connectivity index (χ0v) is 17.8. The predicted octanol–water partition coefficient (Wildman–Crippen LogP) is 1.84. The lowest BCUT2D eigenvalue weighted by Gasteiger charge is -2.47. The molecule has 2 spiro atoms. The highest BCUT2D eigenvalue weighted by atomic mass is 32.2. The third-order valence-corrected chi connectivity index (χ3v) is 9.02. The smallest absolute Gasteiger partial charge is 0.230 e. The molecule has 27 heavy (non-hydrogen) atoms. The van der Waals surface area contributed by atoms with Crippen LogP contribution >= 0.6 is 11.3 Å². The van der Waals surface area contributed by atoms with Crippen molar-refractivity contribution in [3.63, 3.8) is 0 Å². The Hall–Kier alpha value is -0.960. The van der Waals surface area contributed by atoms with Crippen LogP contribution in [0.5, 0.6) is 0 Å². The van der Waals surface area contributed by atoms with Crippen molar-refractivity contribution in [1.82, 2.24) is 14.1 Å². The molecule has 150 valence electrons. The lowest BCUT2D eigenvalue weighted by molar-refractivity contribution is -0.142. The molecule has 3 aliphatic heterocycles. The number of nitrogens with zero attached hydrogens (tertiary/aromatic N) is 3. The van der Waals surface area contributed by atoms with Gasteiger partial charge in [0.25, 0.3) is 0 Å². The molecule has 0 saturated carbocycles. The minimum absolute atomic E-state index is 0.183. The van der Waals surface area contributed by atoms with Crippen LogP contribution in [0.1, 0.15) is 31.7 Å². The average Bonchev–Trinajstić information content (AvgIpc) is 3.32. The fourth-order valence-corrected chi connectivity index (χ4v) is 7.04. The van der Waals surface area contributed by atoms with Gasteiger partial charge in [0.15, 0.2) is 0 Å². The third kappa shape index (κ3) is 3.14. The molecule has 8 heteroatoms. The second kappa shape index (κ2) is 6.83. The van der Waals surface area contributed by atoms with Crippen molar-refractivity contribution in [2.45, 2.75) is 32.7 Å². The Kier molecular flexibility index (Phi) is 4.90. The number of likely N-dealkylation sites (tertiary alicyclic amines) is 2. The van der Waals surface area contributed by atoms with E-state index in [1.807, 2.05) is 11.8 Å². The fourth-order valence-electron chi connectivity index (χ4n) is 5.44. The fraction of sp³-hybridized carbons (Fsp3) is 0.737. The lowest BCUT2D eigenvalue weighted by Crippen LogP contribution is -2.52. The Morgan fingerprint density at radius 1 is 1.15 bits per heavy atom. The highest BCUT2D eigenvalue weighted by Gasteiger charge is 2.66.